The Bertz CT molecular complexity index is 1070. The number of ether oxygens (including phenoxy) is 1. The third kappa shape index (κ3) is 6.09. The molecule has 0 aliphatic carbocycles. The molecule has 0 unspecified atom stereocenters. The van der Waals surface area contributed by atoms with Gasteiger partial charge in [0.2, 0.25) is 5.91 Å². The van der Waals surface area contributed by atoms with Crippen molar-refractivity contribution in [2.45, 2.75) is 6.42 Å². The van der Waals surface area contributed by atoms with Gasteiger partial charge in [-0.1, -0.05) is 12.1 Å². The van der Waals surface area contributed by atoms with Gasteiger partial charge in [-0.2, -0.15) is 0 Å². The fraction of sp³-hybridized carbons (Fsp3) is 0.292. The van der Waals surface area contributed by atoms with E-state index in [4.69, 9.17) is 4.74 Å². The SMILES string of the molecule is COc1ccccc1NC(=O)c1ccc(NC(=O)CN2CCCN(c3nccs3)CC2)cc1. The van der Waals surface area contributed by atoms with Gasteiger partial charge in [-0.3, -0.25) is 14.5 Å². The molecular weight excluding hydrogens is 438 g/mol. The number of nitrogens with one attached hydrogen (secondary N) is 2. The van der Waals surface area contributed by atoms with E-state index in [1.165, 1.54) is 0 Å². The molecule has 0 saturated carbocycles. The number of para-hydroxylation sites is 2. The topological polar surface area (TPSA) is 86.8 Å². The number of thiazole rings is 1. The van der Waals surface area contributed by atoms with Gasteiger partial charge in [0.1, 0.15) is 5.75 Å². The lowest BCUT2D eigenvalue weighted by Crippen LogP contribution is -2.36. The van der Waals surface area contributed by atoms with E-state index in [2.05, 4.69) is 25.4 Å². The summed E-state index contributed by atoms with van der Waals surface area (Å²) in [5.41, 5.74) is 1.76. The normalized spacial score (nSPS) is 14.4. The van der Waals surface area contributed by atoms with E-state index < -0.39 is 0 Å². The summed E-state index contributed by atoms with van der Waals surface area (Å²) in [4.78, 5) is 33.9. The maximum absolute atomic E-state index is 12.6. The Morgan fingerprint density at radius 2 is 1.85 bits per heavy atom. The van der Waals surface area contributed by atoms with E-state index in [1.54, 1.807) is 54.8 Å². The van der Waals surface area contributed by atoms with E-state index >= 15 is 0 Å². The third-order valence-electron chi connectivity index (χ3n) is 5.43. The van der Waals surface area contributed by atoms with Crippen LogP contribution in [0, 0.1) is 0 Å². The van der Waals surface area contributed by atoms with Crippen LogP contribution in [0.15, 0.2) is 60.1 Å². The minimum absolute atomic E-state index is 0.0658. The van der Waals surface area contributed by atoms with Crippen LogP contribution in [-0.2, 0) is 4.79 Å². The highest BCUT2D eigenvalue weighted by atomic mass is 32.1. The maximum atomic E-state index is 12.6. The molecule has 172 valence electrons. The second-order valence-electron chi connectivity index (χ2n) is 7.71. The zero-order chi connectivity index (χ0) is 23.0. The Morgan fingerprint density at radius 3 is 2.61 bits per heavy atom. The zero-order valence-electron chi connectivity index (χ0n) is 18.5. The molecule has 2 N–H and O–H groups in total. The molecule has 0 spiro atoms. The van der Waals surface area contributed by atoms with Crippen LogP contribution in [0.3, 0.4) is 0 Å². The van der Waals surface area contributed by atoms with Crippen molar-refractivity contribution in [3.8, 4) is 5.75 Å². The highest BCUT2D eigenvalue weighted by Crippen LogP contribution is 2.24. The van der Waals surface area contributed by atoms with E-state index in [0.717, 1.165) is 37.7 Å². The molecule has 0 radical (unpaired) electrons. The van der Waals surface area contributed by atoms with Crippen LogP contribution in [0.4, 0.5) is 16.5 Å². The Balaban J connectivity index is 1.28. The predicted molar refractivity (Wildman–Crippen MR) is 131 cm³/mol. The van der Waals surface area contributed by atoms with Crippen LogP contribution >= 0.6 is 11.3 Å². The summed E-state index contributed by atoms with van der Waals surface area (Å²) in [5.74, 6) is 0.286. The van der Waals surface area contributed by atoms with Crippen LogP contribution in [-0.4, -0.2) is 61.5 Å². The minimum Gasteiger partial charge on any atom is -0.495 e. The minimum atomic E-state index is -0.244. The summed E-state index contributed by atoms with van der Waals surface area (Å²) in [6.45, 7) is 3.83. The van der Waals surface area contributed by atoms with Crippen LogP contribution in [0.1, 0.15) is 16.8 Å². The second kappa shape index (κ2) is 10.9. The first-order valence-corrected chi connectivity index (χ1v) is 11.7. The van der Waals surface area contributed by atoms with Gasteiger partial charge in [-0.05, 0) is 42.8 Å². The highest BCUT2D eigenvalue weighted by Gasteiger charge is 2.18. The summed E-state index contributed by atoms with van der Waals surface area (Å²) >= 11 is 1.64. The van der Waals surface area contributed by atoms with Gasteiger partial charge in [-0.15, -0.1) is 11.3 Å². The fourth-order valence-corrected chi connectivity index (χ4v) is 4.44. The Kier molecular flexibility index (Phi) is 7.54. The predicted octanol–water partition coefficient (Wildman–Crippen LogP) is 3.55. The number of anilines is 3. The first-order chi connectivity index (χ1) is 16.1. The van der Waals surface area contributed by atoms with Gasteiger partial charge in [0, 0.05) is 49.0 Å². The number of benzene rings is 2. The van der Waals surface area contributed by atoms with Crippen LogP contribution in [0.2, 0.25) is 0 Å². The van der Waals surface area contributed by atoms with Crippen LogP contribution in [0.5, 0.6) is 5.75 Å². The van der Waals surface area contributed by atoms with Gasteiger partial charge in [0.05, 0.1) is 19.3 Å². The fourth-order valence-electron chi connectivity index (χ4n) is 3.74. The van der Waals surface area contributed by atoms with Crippen molar-refractivity contribution in [2.24, 2.45) is 0 Å². The number of hydrogen-bond donors (Lipinski definition) is 2. The van der Waals surface area contributed by atoms with Crippen molar-refractivity contribution in [1.29, 1.82) is 0 Å². The lowest BCUT2D eigenvalue weighted by Gasteiger charge is -2.21. The third-order valence-corrected chi connectivity index (χ3v) is 6.26. The molecule has 9 heteroatoms. The first kappa shape index (κ1) is 22.8. The summed E-state index contributed by atoms with van der Waals surface area (Å²) in [7, 11) is 1.56. The maximum Gasteiger partial charge on any atom is 0.255 e. The van der Waals surface area contributed by atoms with E-state index in [1.807, 2.05) is 23.7 Å². The molecule has 0 bridgehead atoms. The highest BCUT2D eigenvalue weighted by molar-refractivity contribution is 7.13. The van der Waals surface area contributed by atoms with Crippen molar-refractivity contribution in [2.75, 3.05) is 55.4 Å². The number of methoxy groups -OCH3 is 1. The molecule has 8 nitrogen and oxygen atoms in total. The first-order valence-electron chi connectivity index (χ1n) is 10.8. The number of carbonyl (C=O) groups is 2. The molecule has 1 aromatic heterocycles. The Hall–Kier alpha value is -3.43. The standard InChI is InChI=1S/C24H27N5O3S/c1-32-21-6-3-2-5-20(21)27-23(31)18-7-9-19(10-8-18)26-22(30)17-28-12-4-13-29(15-14-28)24-25-11-16-33-24/h2-3,5-11,16H,4,12-15,17H2,1H3,(H,26,30)(H,27,31). The molecule has 1 aliphatic rings. The second-order valence-corrected chi connectivity index (χ2v) is 8.58. The molecule has 4 rings (SSSR count). The van der Waals surface area contributed by atoms with Crippen LogP contribution in [0.25, 0.3) is 0 Å². The largest absolute Gasteiger partial charge is 0.495 e. The van der Waals surface area contributed by atoms with Gasteiger partial charge < -0.3 is 20.3 Å². The van der Waals surface area contributed by atoms with Crippen molar-refractivity contribution in [1.82, 2.24) is 9.88 Å². The molecule has 1 aliphatic heterocycles. The van der Waals surface area contributed by atoms with Crippen molar-refractivity contribution in [3.63, 3.8) is 0 Å². The molecule has 2 heterocycles. The summed E-state index contributed by atoms with van der Waals surface area (Å²) < 4.78 is 5.27. The van der Waals surface area contributed by atoms with E-state index in [9.17, 15) is 9.59 Å². The summed E-state index contributed by atoms with van der Waals surface area (Å²) in [6.07, 6.45) is 2.81. The Morgan fingerprint density at radius 1 is 1.03 bits per heavy atom. The van der Waals surface area contributed by atoms with E-state index in [-0.39, 0.29) is 11.8 Å². The molecule has 1 fully saturated rings. The number of carbonyl (C=O) groups excluding carboxylic acids is 2. The zero-order valence-corrected chi connectivity index (χ0v) is 19.3. The quantitative estimate of drug-likeness (QED) is 0.555. The van der Waals surface area contributed by atoms with Gasteiger partial charge in [0.25, 0.3) is 5.91 Å². The van der Waals surface area contributed by atoms with E-state index in [0.29, 0.717) is 29.2 Å². The molecule has 1 saturated heterocycles. The molecule has 2 aromatic carbocycles. The van der Waals surface area contributed by atoms with Crippen molar-refractivity contribution >= 4 is 39.7 Å². The number of rotatable bonds is 7. The van der Waals surface area contributed by atoms with Crippen LogP contribution < -0.4 is 20.3 Å². The summed E-state index contributed by atoms with van der Waals surface area (Å²) in [6, 6.07) is 14.1. The molecule has 3 aromatic rings. The average molecular weight is 466 g/mol. The Labute approximate surface area is 197 Å². The average Bonchev–Trinajstić information content (AvgIpc) is 3.27. The molecule has 33 heavy (non-hydrogen) atoms. The van der Waals surface area contributed by atoms with Gasteiger partial charge >= 0.3 is 0 Å². The van der Waals surface area contributed by atoms with Crippen molar-refractivity contribution in [3.05, 3.63) is 65.7 Å². The number of hydrogen-bond acceptors (Lipinski definition) is 7. The molecule has 2 amide bonds. The molecular formula is C24H27N5O3S. The van der Waals surface area contributed by atoms with Gasteiger partial charge in [0.15, 0.2) is 5.13 Å². The number of aromatic nitrogens is 1. The number of amides is 2. The summed E-state index contributed by atoms with van der Waals surface area (Å²) in [5, 5.41) is 8.80. The van der Waals surface area contributed by atoms with Crippen molar-refractivity contribution < 1.29 is 14.3 Å². The number of nitrogens with zero attached hydrogens (tertiary/aromatic N) is 3. The molecule has 0 atom stereocenters. The lowest BCUT2D eigenvalue weighted by molar-refractivity contribution is -0.117. The smallest absolute Gasteiger partial charge is 0.255 e. The lowest BCUT2D eigenvalue weighted by atomic mass is 10.2. The van der Waals surface area contributed by atoms with Gasteiger partial charge in [-0.25, -0.2) is 4.98 Å². The monoisotopic (exact) mass is 465 g/mol.